The average molecular weight is 480 g/mol. The van der Waals surface area contributed by atoms with Gasteiger partial charge in [-0.2, -0.15) is 4.31 Å². The van der Waals surface area contributed by atoms with Gasteiger partial charge in [0.2, 0.25) is 26.0 Å². The molecule has 172 valence electrons. The number of hydrogen-bond donors (Lipinski definition) is 0. The molecule has 1 amide bonds. The van der Waals surface area contributed by atoms with E-state index in [2.05, 4.69) is 4.90 Å². The maximum Gasteiger partial charge on any atom is 0.246 e. The number of anilines is 2. The molecule has 4 rings (SSSR count). The van der Waals surface area contributed by atoms with Crippen LogP contribution in [0.2, 0.25) is 0 Å². The van der Waals surface area contributed by atoms with E-state index in [1.807, 2.05) is 30.3 Å². The number of carbonyl (C=O) groups excluding carboxylic acids is 1. The van der Waals surface area contributed by atoms with Crippen molar-refractivity contribution in [1.82, 2.24) is 4.31 Å². The van der Waals surface area contributed by atoms with Crippen LogP contribution in [0.15, 0.2) is 53.4 Å². The highest BCUT2D eigenvalue weighted by Crippen LogP contribution is 2.35. The lowest BCUT2D eigenvalue weighted by atomic mass is 10.2. The van der Waals surface area contributed by atoms with Crippen molar-refractivity contribution in [2.75, 3.05) is 48.2 Å². The first-order valence-electron chi connectivity index (χ1n) is 10.2. The van der Waals surface area contributed by atoms with Gasteiger partial charge in [0.05, 0.1) is 24.5 Å². The Hall–Kier alpha value is -2.63. The summed E-state index contributed by atoms with van der Waals surface area (Å²) in [7, 11) is -6.49. The molecule has 0 unspecified atom stereocenters. The highest BCUT2D eigenvalue weighted by molar-refractivity contribution is 7.94. The van der Waals surface area contributed by atoms with Crippen molar-refractivity contribution in [3.05, 3.63) is 48.5 Å². The van der Waals surface area contributed by atoms with Gasteiger partial charge in [0.15, 0.2) is 0 Å². The summed E-state index contributed by atoms with van der Waals surface area (Å²) >= 11 is 0. The van der Waals surface area contributed by atoms with Gasteiger partial charge >= 0.3 is 0 Å². The van der Waals surface area contributed by atoms with E-state index in [4.69, 9.17) is 4.74 Å². The third kappa shape index (κ3) is 3.96. The number of piperazine rings is 1. The number of sulfonamides is 2. The Morgan fingerprint density at radius 2 is 1.62 bits per heavy atom. The fraction of sp³-hybridized carbons (Fsp3) is 0.381. The highest BCUT2D eigenvalue weighted by atomic mass is 32.2. The van der Waals surface area contributed by atoms with Crippen molar-refractivity contribution in [3.63, 3.8) is 0 Å². The van der Waals surface area contributed by atoms with Crippen LogP contribution < -0.4 is 13.9 Å². The number of nitrogens with zero attached hydrogens (tertiary/aromatic N) is 3. The smallest absolute Gasteiger partial charge is 0.246 e. The standard InChI is InChI=1S/C21H25N3O6S2/c1-16-15-31(26,27)24(21(16)25)18-8-9-19(30-2)20(14-18)32(28,29)23-12-10-22(11-13-23)17-6-4-3-5-7-17/h3-9,14,16H,10-13,15H2,1-2H3/t16-/m1/s1. The molecular formula is C21H25N3O6S2. The minimum absolute atomic E-state index is 0.00152. The van der Waals surface area contributed by atoms with Gasteiger partial charge in [0.25, 0.3) is 0 Å². The van der Waals surface area contributed by atoms with Crippen LogP contribution in [0.25, 0.3) is 0 Å². The first-order valence-corrected chi connectivity index (χ1v) is 13.2. The van der Waals surface area contributed by atoms with E-state index >= 15 is 0 Å². The molecule has 0 aliphatic carbocycles. The summed E-state index contributed by atoms with van der Waals surface area (Å²) in [5.41, 5.74) is 1.03. The molecule has 2 heterocycles. The Bertz CT molecular complexity index is 1220. The molecule has 2 aromatic rings. The summed E-state index contributed by atoms with van der Waals surface area (Å²) in [6.45, 7) is 3.10. The summed E-state index contributed by atoms with van der Waals surface area (Å²) in [6.07, 6.45) is 0. The third-order valence-electron chi connectivity index (χ3n) is 5.72. The van der Waals surface area contributed by atoms with Gasteiger partial charge in [-0.3, -0.25) is 4.79 Å². The molecule has 11 heteroatoms. The topological polar surface area (TPSA) is 104 Å². The first-order chi connectivity index (χ1) is 15.1. The Kier molecular flexibility index (Phi) is 5.91. The second-order valence-corrected chi connectivity index (χ2v) is 11.6. The highest BCUT2D eigenvalue weighted by Gasteiger charge is 2.43. The van der Waals surface area contributed by atoms with Crippen molar-refractivity contribution in [3.8, 4) is 5.75 Å². The van der Waals surface area contributed by atoms with Crippen LogP contribution in [0.1, 0.15) is 6.92 Å². The quantitative estimate of drug-likeness (QED) is 0.640. The Balaban J connectivity index is 1.64. The summed E-state index contributed by atoms with van der Waals surface area (Å²) in [5, 5.41) is 0. The van der Waals surface area contributed by atoms with Crippen molar-refractivity contribution in [2.24, 2.45) is 5.92 Å². The second kappa shape index (κ2) is 8.38. The minimum Gasteiger partial charge on any atom is -0.495 e. The van der Waals surface area contributed by atoms with Crippen LogP contribution in [0, 0.1) is 5.92 Å². The number of amides is 1. The molecule has 2 aliphatic rings. The summed E-state index contributed by atoms with van der Waals surface area (Å²) < 4.78 is 59.2. The lowest BCUT2D eigenvalue weighted by Crippen LogP contribution is -2.48. The van der Waals surface area contributed by atoms with Crippen LogP contribution in [0.3, 0.4) is 0 Å². The first kappa shape index (κ1) is 22.6. The van der Waals surface area contributed by atoms with Crippen LogP contribution in [-0.4, -0.2) is 66.1 Å². The average Bonchev–Trinajstić information content (AvgIpc) is 3.00. The van der Waals surface area contributed by atoms with Crippen molar-refractivity contribution < 1.29 is 26.4 Å². The molecule has 1 atom stereocenters. The van der Waals surface area contributed by atoms with Crippen molar-refractivity contribution in [1.29, 1.82) is 0 Å². The molecule has 2 aliphatic heterocycles. The van der Waals surface area contributed by atoms with Crippen LogP contribution >= 0.6 is 0 Å². The lowest BCUT2D eigenvalue weighted by molar-refractivity contribution is -0.119. The zero-order chi connectivity index (χ0) is 23.1. The van der Waals surface area contributed by atoms with Crippen LogP contribution in [-0.2, 0) is 24.8 Å². The summed E-state index contributed by atoms with van der Waals surface area (Å²) in [5.74, 6) is -1.47. The van der Waals surface area contributed by atoms with Crippen LogP contribution in [0.4, 0.5) is 11.4 Å². The number of benzene rings is 2. The van der Waals surface area contributed by atoms with Crippen molar-refractivity contribution >= 4 is 37.3 Å². The van der Waals surface area contributed by atoms with Gasteiger partial charge in [-0.1, -0.05) is 25.1 Å². The predicted octanol–water partition coefficient (Wildman–Crippen LogP) is 1.52. The minimum atomic E-state index is -3.98. The molecule has 2 aromatic carbocycles. The Morgan fingerprint density at radius 3 is 2.19 bits per heavy atom. The molecule has 0 spiro atoms. The number of hydrogen-bond acceptors (Lipinski definition) is 7. The van der Waals surface area contributed by atoms with E-state index in [9.17, 15) is 21.6 Å². The molecule has 0 radical (unpaired) electrons. The number of carbonyl (C=O) groups is 1. The summed E-state index contributed by atoms with van der Waals surface area (Å²) in [6, 6.07) is 13.7. The number of rotatable bonds is 5. The van der Waals surface area contributed by atoms with Gasteiger partial charge in [-0.25, -0.2) is 21.1 Å². The maximum absolute atomic E-state index is 13.5. The zero-order valence-electron chi connectivity index (χ0n) is 17.8. The molecule has 0 bridgehead atoms. The molecule has 32 heavy (non-hydrogen) atoms. The third-order valence-corrected chi connectivity index (χ3v) is 9.51. The van der Waals surface area contributed by atoms with E-state index in [0.29, 0.717) is 17.4 Å². The van der Waals surface area contributed by atoms with Gasteiger partial charge in [0, 0.05) is 31.9 Å². The van der Waals surface area contributed by atoms with E-state index in [-0.39, 0.29) is 35.2 Å². The van der Waals surface area contributed by atoms with E-state index in [0.717, 1.165) is 5.69 Å². The molecule has 0 N–H and O–H groups in total. The molecule has 2 saturated heterocycles. The van der Waals surface area contributed by atoms with Gasteiger partial charge < -0.3 is 9.64 Å². The van der Waals surface area contributed by atoms with Gasteiger partial charge in [0.1, 0.15) is 10.6 Å². The molecular weight excluding hydrogens is 454 g/mol. The SMILES string of the molecule is COc1ccc(N2C(=O)[C@H](C)CS2(=O)=O)cc1S(=O)(=O)N1CCN(c2ccccc2)CC1. The van der Waals surface area contributed by atoms with Crippen LogP contribution in [0.5, 0.6) is 5.75 Å². The van der Waals surface area contributed by atoms with Gasteiger partial charge in [-0.05, 0) is 30.3 Å². The second-order valence-electron chi connectivity index (χ2n) is 7.84. The number of ether oxygens (including phenoxy) is 1. The van der Waals surface area contributed by atoms with Crippen molar-refractivity contribution in [2.45, 2.75) is 11.8 Å². The Labute approximate surface area is 188 Å². The largest absolute Gasteiger partial charge is 0.495 e. The predicted molar refractivity (Wildman–Crippen MR) is 121 cm³/mol. The summed E-state index contributed by atoms with van der Waals surface area (Å²) in [4.78, 5) is 14.4. The molecule has 0 saturated carbocycles. The monoisotopic (exact) mass is 479 g/mol. The fourth-order valence-corrected chi connectivity index (χ4v) is 7.45. The van der Waals surface area contributed by atoms with E-state index < -0.39 is 31.9 Å². The fourth-order valence-electron chi connectivity index (χ4n) is 4.04. The molecule has 0 aromatic heterocycles. The lowest BCUT2D eigenvalue weighted by Gasteiger charge is -2.35. The zero-order valence-corrected chi connectivity index (χ0v) is 19.5. The number of methoxy groups -OCH3 is 1. The van der Waals surface area contributed by atoms with Gasteiger partial charge in [-0.15, -0.1) is 0 Å². The molecule has 2 fully saturated rings. The Morgan fingerprint density at radius 1 is 0.969 bits per heavy atom. The normalized spacial score (nSPS) is 21.7. The van der Waals surface area contributed by atoms with E-state index in [1.54, 1.807) is 0 Å². The van der Waals surface area contributed by atoms with E-state index in [1.165, 1.54) is 36.5 Å². The molecule has 9 nitrogen and oxygen atoms in total. The maximum atomic E-state index is 13.5. The number of para-hydroxylation sites is 1.